The summed E-state index contributed by atoms with van der Waals surface area (Å²) in [6, 6.07) is 12.7. The van der Waals surface area contributed by atoms with Crippen molar-refractivity contribution in [3.63, 3.8) is 0 Å². The summed E-state index contributed by atoms with van der Waals surface area (Å²) in [6.45, 7) is 5.77. The van der Waals surface area contributed by atoms with E-state index in [1.165, 1.54) is 30.2 Å². The number of nitrogens with one attached hydrogen (secondary N) is 1. The van der Waals surface area contributed by atoms with Gasteiger partial charge >= 0.3 is 0 Å². The number of benzene rings is 2. The molecule has 0 aromatic heterocycles. The monoisotopic (exact) mass is 661 g/mol. The SMILES string of the molecule is COc1ccccc1OCCCNCC(=O)N1CCCCOC[C@@H](O)[C@@H](O)[C@H](OC)CN(C(=O)c2ccccc2F)C[C@H]1CC(C)C. The van der Waals surface area contributed by atoms with E-state index in [1.807, 2.05) is 38.1 Å². The second-order valence-corrected chi connectivity index (χ2v) is 12.2. The summed E-state index contributed by atoms with van der Waals surface area (Å²) in [5.41, 5.74) is -0.125. The van der Waals surface area contributed by atoms with Gasteiger partial charge in [0.1, 0.15) is 24.1 Å². The average Bonchev–Trinajstić information content (AvgIpc) is 3.06. The molecule has 1 fully saturated rings. The Morgan fingerprint density at radius 2 is 1.77 bits per heavy atom. The largest absolute Gasteiger partial charge is 0.493 e. The van der Waals surface area contributed by atoms with Gasteiger partial charge in [-0.1, -0.05) is 38.1 Å². The van der Waals surface area contributed by atoms with Crippen molar-refractivity contribution in [2.24, 2.45) is 5.92 Å². The van der Waals surface area contributed by atoms with E-state index in [9.17, 15) is 24.2 Å². The lowest BCUT2D eigenvalue weighted by molar-refractivity contribution is -0.134. The minimum atomic E-state index is -1.36. The van der Waals surface area contributed by atoms with Crippen molar-refractivity contribution in [3.8, 4) is 11.5 Å². The zero-order valence-corrected chi connectivity index (χ0v) is 28.1. The smallest absolute Gasteiger partial charge is 0.256 e. The highest BCUT2D eigenvalue weighted by Gasteiger charge is 2.34. The van der Waals surface area contributed by atoms with Crippen LogP contribution in [0.3, 0.4) is 0 Å². The molecule has 0 saturated carbocycles. The number of carbonyl (C=O) groups excluding carboxylic acids is 2. The minimum Gasteiger partial charge on any atom is -0.493 e. The molecule has 3 N–H and O–H groups in total. The van der Waals surface area contributed by atoms with Crippen LogP contribution in [-0.2, 0) is 14.3 Å². The zero-order chi connectivity index (χ0) is 34.2. The van der Waals surface area contributed by atoms with E-state index >= 15 is 0 Å². The third-order valence-corrected chi connectivity index (χ3v) is 8.13. The van der Waals surface area contributed by atoms with Crippen LogP contribution in [0.15, 0.2) is 48.5 Å². The molecule has 4 atom stereocenters. The molecule has 2 aromatic rings. The Balaban J connectivity index is 1.79. The van der Waals surface area contributed by atoms with E-state index in [0.29, 0.717) is 63.5 Å². The molecule has 11 nitrogen and oxygen atoms in total. The van der Waals surface area contributed by atoms with Gasteiger partial charge in [-0.25, -0.2) is 4.39 Å². The summed E-state index contributed by atoms with van der Waals surface area (Å²) in [6.07, 6.45) is -1.10. The van der Waals surface area contributed by atoms with Crippen LogP contribution < -0.4 is 14.8 Å². The molecule has 0 aliphatic carbocycles. The molecular weight excluding hydrogens is 609 g/mol. The Bertz CT molecular complexity index is 1230. The molecule has 1 aliphatic heterocycles. The van der Waals surface area contributed by atoms with Gasteiger partial charge in [0.25, 0.3) is 5.91 Å². The summed E-state index contributed by atoms with van der Waals surface area (Å²) in [4.78, 5) is 30.9. The lowest BCUT2D eigenvalue weighted by atomic mass is 9.99. The first-order valence-electron chi connectivity index (χ1n) is 16.4. The van der Waals surface area contributed by atoms with Crippen LogP contribution in [0.1, 0.15) is 49.9 Å². The van der Waals surface area contributed by atoms with E-state index in [-0.39, 0.29) is 43.6 Å². The van der Waals surface area contributed by atoms with Crippen LogP contribution in [0.4, 0.5) is 4.39 Å². The molecule has 47 heavy (non-hydrogen) atoms. The van der Waals surface area contributed by atoms with Gasteiger partial charge in [0.15, 0.2) is 11.5 Å². The van der Waals surface area contributed by atoms with E-state index in [0.717, 1.165) is 0 Å². The van der Waals surface area contributed by atoms with Crippen molar-refractivity contribution in [2.45, 2.75) is 63.9 Å². The highest BCUT2D eigenvalue weighted by atomic mass is 19.1. The number of halogens is 1. The Morgan fingerprint density at radius 1 is 1.04 bits per heavy atom. The van der Waals surface area contributed by atoms with Gasteiger partial charge in [-0.3, -0.25) is 9.59 Å². The lowest BCUT2D eigenvalue weighted by Gasteiger charge is -2.39. The fourth-order valence-corrected chi connectivity index (χ4v) is 5.65. The molecule has 12 heteroatoms. The fourth-order valence-electron chi connectivity index (χ4n) is 5.65. The van der Waals surface area contributed by atoms with Gasteiger partial charge in [-0.05, 0) is 62.4 Å². The Labute approximate surface area is 277 Å². The molecule has 2 aromatic carbocycles. The molecule has 0 radical (unpaired) electrons. The highest BCUT2D eigenvalue weighted by molar-refractivity contribution is 5.94. The number of aliphatic hydroxyl groups is 2. The molecule has 2 amide bonds. The molecule has 0 bridgehead atoms. The Hall–Kier alpha value is -3.29. The molecule has 3 rings (SSSR count). The van der Waals surface area contributed by atoms with Crippen LogP contribution in [0.25, 0.3) is 0 Å². The number of ether oxygens (including phenoxy) is 4. The second kappa shape index (κ2) is 20.2. The quantitative estimate of drug-likeness (QED) is 0.294. The number of hydrogen-bond acceptors (Lipinski definition) is 9. The van der Waals surface area contributed by atoms with Gasteiger partial charge in [-0.2, -0.15) is 0 Å². The third kappa shape index (κ3) is 12.0. The molecule has 1 aliphatic rings. The van der Waals surface area contributed by atoms with Crippen LogP contribution >= 0.6 is 0 Å². The van der Waals surface area contributed by atoms with Crippen molar-refractivity contribution in [3.05, 3.63) is 59.9 Å². The first-order chi connectivity index (χ1) is 22.7. The minimum absolute atomic E-state index is 0.0863. The fraction of sp³-hybridized carbons (Fsp3) is 0.600. The van der Waals surface area contributed by atoms with Crippen LogP contribution in [0.2, 0.25) is 0 Å². The van der Waals surface area contributed by atoms with Crippen LogP contribution in [0.5, 0.6) is 11.5 Å². The number of nitrogens with zero attached hydrogens (tertiary/aromatic N) is 2. The van der Waals surface area contributed by atoms with Crippen molar-refractivity contribution in [2.75, 3.05) is 66.8 Å². The third-order valence-electron chi connectivity index (χ3n) is 8.13. The van der Waals surface area contributed by atoms with Gasteiger partial charge in [-0.15, -0.1) is 0 Å². The summed E-state index contributed by atoms with van der Waals surface area (Å²) in [7, 11) is 2.97. The molecule has 0 unspecified atom stereocenters. The van der Waals surface area contributed by atoms with Gasteiger partial charge in [0.2, 0.25) is 5.91 Å². The maximum absolute atomic E-state index is 14.9. The van der Waals surface area contributed by atoms with Crippen molar-refractivity contribution in [1.82, 2.24) is 15.1 Å². The van der Waals surface area contributed by atoms with E-state index in [1.54, 1.807) is 18.1 Å². The number of methoxy groups -OCH3 is 2. The molecular formula is C35H52FN3O8. The van der Waals surface area contributed by atoms with Crippen LogP contribution in [0, 0.1) is 11.7 Å². The summed E-state index contributed by atoms with van der Waals surface area (Å²) in [5, 5.41) is 24.7. The summed E-state index contributed by atoms with van der Waals surface area (Å²) in [5.74, 6) is 0.102. The summed E-state index contributed by atoms with van der Waals surface area (Å²) < 4.78 is 37.2. The van der Waals surface area contributed by atoms with Crippen molar-refractivity contribution < 1.29 is 43.1 Å². The van der Waals surface area contributed by atoms with E-state index in [2.05, 4.69) is 5.32 Å². The lowest BCUT2D eigenvalue weighted by Crippen LogP contribution is -2.54. The predicted molar refractivity (Wildman–Crippen MR) is 176 cm³/mol. The highest BCUT2D eigenvalue weighted by Crippen LogP contribution is 2.26. The maximum atomic E-state index is 14.9. The standard InChI is InChI=1S/C35H52FN3O8/c1-25(2)20-26-22-38(35(43)27-12-5-6-13-28(27)36)23-32(45-4)34(42)29(40)24-46-18-10-9-17-39(26)33(41)21-37-16-11-19-47-31-15-8-7-14-30(31)44-3/h5-8,12-15,25-26,29,32,34,37,40,42H,9-11,16-24H2,1-4H3/t26-,29-,32-,34-/m1/s1. The number of para-hydroxylation sites is 2. The van der Waals surface area contributed by atoms with Crippen molar-refractivity contribution >= 4 is 11.8 Å². The van der Waals surface area contributed by atoms with Crippen LogP contribution in [-0.4, -0.2) is 123 Å². The molecule has 0 spiro atoms. The number of rotatable bonds is 12. The Morgan fingerprint density at radius 3 is 2.47 bits per heavy atom. The number of carbonyl (C=O) groups is 2. The topological polar surface area (TPSA) is 130 Å². The second-order valence-electron chi connectivity index (χ2n) is 12.2. The van der Waals surface area contributed by atoms with Gasteiger partial charge in [0.05, 0.1) is 32.4 Å². The molecule has 262 valence electrons. The molecule has 1 heterocycles. The first kappa shape index (κ1) is 38.2. The van der Waals surface area contributed by atoms with E-state index in [4.69, 9.17) is 18.9 Å². The first-order valence-corrected chi connectivity index (χ1v) is 16.4. The van der Waals surface area contributed by atoms with E-state index < -0.39 is 36.1 Å². The summed E-state index contributed by atoms with van der Waals surface area (Å²) >= 11 is 0. The van der Waals surface area contributed by atoms with Gasteiger partial charge < -0.3 is 44.3 Å². The molecule has 1 saturated heterocycles. The average molecular weight is 662 g/mol. The van der Waals surface area contributed by atoms with Gasteiger partial charge in [0, 0.05) is 39.4 Å². The number of hydrogen-bond donors (Lipinski definition) is 3. The maximum Gasteiger partial charge on any atom is 0.256 e. The number of amides is 2. The Kier molecular flexibility index (Phi) is 16.4. The zero-order valence-electron chi connectivity index (χ0n) is 28.1. The number of aliphatic hydroxyl groups excluding tert-OH is 2. The normalized spacial score (nSPS) is 21.7. The van der Waals surface area contributed by atoms with Crippen molar-refractivity contribution in [1.29, 1.82) is 0 Å². The predicted octanol–water partition coefficient (Wildman–Crippen LogP) is 3.13.